The van der Waals surface area contributed by atoms with Gasteiger partial charge in [-0.05, 0) is 31.2 Å². The van der Waals surface area contributed by atoms with Crippen LogP contribution >= 0.6 is 0 Å². The van der Waals surface area contributed by atoms with Crippen LogP contribution in [0.25, 0.3) is 0 Å². The van der Waals surface area contributed by atoms with Crippen molar-refractivity contribution in [3.05, 3.63) is 35.4 Å². The summed E-state index contributed by atoms with van der Waals surface area (Å²) in [6.45, 7) is 6.07. The third-order valence-electron chi connectivity index (χ3n) is 3.06. The zero-order valence-corrected chi connectivity index (χ0v) is 10.6. The van der Waals surface area contributed by atoms with Gasteiger partial charge in [-0.1, -0.05) is 51.0 Å². The molecule has 1 nitrogen and oxygen atoms in total. The van der Waals surface area contributed by atoms with E-state index in [-0.39, 0.29) is 5.78 Å². The Bertz CT molecular complexity index is 318. The summed E-state index contributed by atoms with van der Waals surface area (Å²) in [5.41, 5.74) is 2.20. The minimum atomic E-state index is 0.147. The molecule has 0 aliphatic heterocycles. The Morgan fingerprint density at radius 1 is 1.06 bits per heavy atom. The lowest BCUT2D eigenvalue weighted by Gasteiger charge is -2.15. The number of Topliss-reactive ketones (excluding diaryl/α,β-unsaturated/α-hetero) is 1. The van der Waals surface area contributed by atoms with Gasteiger partial charge in [0.2, 0.25) is 0 Å². The molecule has 0 saturated carbocycles. The third kappa shape index (κ3) is 3.48. The summed E-state index contributed by atoms with van der Waals surface area (Å²) in [5.74, 6) is 0.810. The molecule has 0 radical (unpaired) electrons. The lowest BCUT2D eigenvalue weighted by Crippen LogP contribution is -1.99. The first-order chi connectivity index (χ1) is 7.69. The summed E-state index contributed by atoms with van der Waals surface area (Å²) in [4.78, 5) is 11.2. The fourth-order valence-corrected chi connectivity index (χ4v) is 2.16. The van der Waals surface area contributed by atoms with Gasteiger partial charge in [0.25, 0.3) is 0 Å². The van der Waals surface area contributed by atoms with E-state index in [2.05, 4.69) is 26.0 Å². The SMILES string of the molecule is CCCC(CCC)c1ccc(C(C)=O)cc1. The van der Waals surface area contributed by atoms with Crippen LogP contribution in [-0.2, 0) is 0 Å². The van der Waals surface area contributed by atoms with Crippen molar-refractivity contribution in [1.29, 1.82) is 0 Å². The number of rotatable bonds is 6. The van der Waals surface area contributed by atoms with Gasteiger partial charge in [0.05, 0.1) is 0 Å². The minimum absolute atomic E-state index is 0.147. The molecule has 0 atom stereocenters. The highest BCUT2D eigenvalue weighted by molar-refractivity contribution is 5.94. The summed E-state index contributed by atoms with van der Waals surface area (Å²) in [6, 6.07) is 8.14. The Morgan fingerprint density at radius 3 is 1.94 bits per heavy atom. The van der Waals surface area contributed by atoms with Crippen molar-refractivity contribution in [3.63, 3.8) is 0 Å². The van der Waals surface area contributed by atoms with Gasteiger partial charge >= 0.3 is 0 Å². The van der Waals surface area contributed by atoms with E-state index in [1.54, 1.807) is 6.92 Å². The van der Waals surface area contributed by atoms with E-state index >= 15 is 0 Å². The van der Waals surface area contributed by atoms with Crippen molar-refractivity contribution < 1.29 is 4.79 Å². The number of hydrogen-bond donors (Lipinski definition) is 0. The molecule has 0 spiro atoms. The van der Waals surface area contributed by atoms with Crippen LogP contribution in [0.4, 0.5) is 0 Å². The van der Waals surface area contributed by atoms with E-state index < -0.39 is 0 Å². The monoisotopic (exact) mass is 218 g/mol. The molecule has 1 aromatic rings. The van der Waals surface area contributed by atoms with Crippen LogP contribution < -0.4 is 0 Å². The molecule has 0 aliphatic rings. The third-order valence-corrected chi connectivity index (χ3v) is 3.06. The first-order valence-electron chi connectivity index (χ1n) is 6.29. The molecule has 88 valence electrons. The van der Waals surface area contributed by atoms with Crippen LogP contribution in [-0.4, -0.2) is 5.78 Å². The highest BCUT2D eigenvalue weighted by Crippen LogP contribution is 2.26. The second-order valence-electron chi connectivity index (χ2n) is 4.45. The largest absolute Gasteiger partial charge is 0.295 e. The zero-order valence-electron chi connectivity index (χ0n) is 10.6. The molecule has 0 fully saturated rings. The van der Waals surface area contributed by atoms with E-state index in [0.29, 0.717) is 5.92 Å². The van der Waals surface area contributed by atoms with Gasteiger partial charge in [-0.2, -0.15) is 0 Å². The van der Waals surface area contributed by atoms with Gasteiger partial charge in [0.15, 0.2) is 5.78 Å². The van der Waals surface area contributed by atoms with Gasteiger partial charge in [-0.25, -0.2) is 0 Å². The Balaban J connectivity index is 2.80. The second kappa shape index (κ2) is 6.47. The number of carbonyl (C=O) groups excluding carboxylic acids is 1. The molecule has 1 aromatic carbocycles. The summed E-state index contributed by atoms with van der Waals surface area (Å²) in [5, 5.41) is 0. The maximum atomic E-state index is 11.2. The smallest absolute Gasteiger partial charge is 0.159 e. The molecule has 0 unspecified atom stereocenters. The van der Waals surface area contributed by atoms with Gasteiger partial charge in [-0.15, -0.1) is 0 Å². The fourth-order valence-electron chi connectivity index (χ4n) is 2.16. The highest BCUT2D eigenvalue weighted by atomic mass is 16.1. The average Bonchev–Trinajstić information content (AvgIpc) is 2.29. The van der Waals surface area contributed by atoms with E-state index in [4.69, 9.17) is 0 Å². The predicted molar refractivity (Wildman–Crippen MR) is 69.0 cm³/mol. The molecule has 0 saturated heterocycles. The average molecular weight is 218 g/mol. The number of carbonyl (C=O) groups is 1. The Labute approximate surface area is 98.9 Å². The van der Waals surface area contributed by atoms with Crippen LogP contribution in [0.1, 0.15) is 68.3 Å². The number of benzene rings is 1. The predicted octanol–water partition coefficient (Wildman–Crippen LogP) is 4.57. The van der Waals surface area contributed by atoms with Crippen molar-refractivity contribution in [2.24, 2.45) is 0 Å². The Morgan fingerprint density at radius 2 is 1.56 bits per heavy atom. The molecule has 0 heterocycles. The molecule has 0 amide bonds. The summed E-state index contributed by atoms with van der Waals surface area (Å²) < 4.78 is 0. The van der Waals surface area contributed by atoms with Crippen molar-refractivity contribution in [3.8, 4) is 0 Å². The highest BCUT2D eigenvalue weighted by Gasteiger charge is 2.09. The minimum Gasteiger partial charge on any atom is -0.295 e. The van der Waals surface area contributed by atoms with E-state index in [1.807, 2.05) is 12.1 Å². The summed E-state index contributed by atoms with van der Waals surface area (Å²) >= 11 is 0. The molecule has 0 aromatic heterocycles. The maximum Gasteiger partial charge on any atom is 0.159 e. The van der Waals surface area contributed by atoms with E-state index in [1.165, 1.54) is 31.2 Å². The first kappa shape index (κ1) is 13.0. The molecular formula is C15H22O. The molecule has 0 bridgehead atoms. The second-order valence-corrected chi connectivity index (χ2v) is 4.45. The summed E-state index contributed by atoms with van der Waals surface area (Å²) in [7, 11) is 0. The lowest BCUT2D eigenvalue weighted by atomic mass is 9.90. The molecule has 1 rings (SSSR count). The summed E-state index contributed by atoms with van der Waals surface area (Å²) in [6.07, 6.45) is 4.93. The lowest BCUT2D eigenvalue weighted by molar-refractivity contribution is 0.101. The van der Waals surface area contributed by atoms with Crippen molar-refractivity contribution >= 4 is 5.78 Å². The Hall–Kier alpha value is -1.11. The topological polar surface area (TPSA) is 17.1 Å². The molecular weight excluding hydrogens is 196 g/mol. The van der Waals surface area contributed by atoms with Gasteiger partial charge in [0.1, 0.15) is 0 Å². The van der Waals surface area contributed by atoms with Gasteiger partial charge in [-0.3, -0.25) is 4.79 Å². The number of ketones is 1. The van der Waals surface area contributed by atoms with Crippen molar-refractivity contribution in [1.82, 2.24) is 0 Å². The molecule has 0 aliphatic carbocycles. The molecule has 1 heteroatoms. The Kier molecular flexibility index (Phi) is 5.24. The van der Waals surface area contributed by atoms with Crippen LogP contribution in [0, 0.1) is 0 Å². The van der Waals surface area contributed by atoms with E-state index in [0.717, 1.165) is 5.56 Å². The van der Waals surface area contributed by atoms with Gasteiger partial charge in [0, 0.05) is 5.56 Å². The maximum absolute atomic E-state index is 11.2. The quantitative estimate of drug-likeness (QED) is 0.639. The fraction of sp³-hybridized carbons (Fsp3) is 0.533. The first-order valence-corrected chi connectivity index (χ1v) is 6.29. The van der Waals surface area contributed by atoms with Gasteiger partial charge < -0.3 is 0 Å². The van der Waals surface area contributed by atoms with Crippen molar-refractivity contribution in [2.45, 2.75) is 52.4 Å². The van der Waals surface area contributed by atoms with Crippen LogP contribution in [0.2, 0.25) is 0 Å². The normalized spacial score (nSPS) is 10.8. The zero-order chi connectivity index (χ0) is 12.0. The van der Waals surface area contributed by atoms with Crippen molar-refractivity contribution in [2.75, 3.05) is 0 Å². The van der Waals surface area contributed by atoms with Crippen LogP contribution in [0.3, 0.4) is 0 Å². The van der Waals surface area contributed by atoms with Crippen LogP contribution in [0.15, 0.2) is 24.3 Å². The standard InChI is InChI=1S/C15H22O/c1-4-6-14(7-5-2)15-10-8-13(9-11-15)12(3)16/h8-11,14H,4-7H2,1-3H3. The number of hydrogen-bond acceptors (Lipinski definition) is 1. The molecule has 0 N–H and O–H groups in total. The molecule has 16 heavy (non-hydrogen) atoms. The van der Waals surface area contributed by atoms with Crippen LogP contribution in [0.5, 0.6) is 0 Å². The van der Waals surface area contributed by atoms with E-state index in [9.17, 15) is 4.79 Å².